The number of thioether (sulfide) groups is 2. The normalized spacial score (nSPS) is 10.9. The van der Waals surface area contributed by atoms with Crippen LogP contribution in [0.3, 0.4) is 0 Å². The van der Waals surface area contributed by atoms with Crippen molar-refractivity contribution in [3.8, 4) is 22.6 Å². The number of nitrogens with zero attached hydrogens (tertiary/aromatic N) is 2. The van der Waals surface area contributed by atoms with E-state index < -0.39 is 11.5 Å². The summed E-state index contributed by atoms with van der Waals surface area (Å²) in [5.41, 5.74) is 1.65. The number of halogens is 4. The number of rotatable bonds is 6. The van der Waals surface area contributed by atoms with E-state index in [1.54, 1.807) is 60.9 Å². The van der Waals surface area contributed by atoms with Crippen LogP contribution in [-0.2, 0) is 0 Å². The van der Waals surface area contributed by atoms with Gasteiger partial charge < -0.3 is 8.83 Å². The Morgan fingerprint density at radius 1 is 0.600 bits per heavy atom. The largest absolute Gasteiger partial charge is 0.444 e. The van der Waals surface area contributed by atoms with Crippen molar-refractivity contribution in [2.45, 2.75) is 21.3 Å². The average molecular weight is 454 g/mol. The minimum Gasteiger partial charge on any atom is -0.444 e. The van der Waals surface area contributed by atoms with Crippen molar-refractivity contribution in [3.05, 3.63) is 73.7 Å². The van der Waals surface area contributed by atoms with Crippen molar-refractivity contribution in [2.75, 3.05) is 0 Å². The number of hydrogen-bond acceptors (Lipinski definition) is 6. The summed E-state index contributed by atoms with van der Waals surface area (Å²) in [5.74, 6) is -3.52. The Hall–Kier alpha value is -2.72. The van der Waals surface area contributed by atoms with Crippen LogP contribution in [0.5, 0.6) is 0 Å². The SMILES string of the molecule is FC(F)Sc1ccc(-c2cnco2)cc1.FC(F)Sc1ccc(-c2cnco2)cc1. The number of aromatic nitrogens is 2. The Morgan fingerprint density at radius 2 is 0.967 bits per heavy atom. The first-order valence-corrected chi connectivity index (χ1v) is 10.1. The van der Waals surface area contributed by atoms with Crippen LogP contribution in [0.15, 0.2) is 92.3 Å². The van der Waals surface area contributed by atoms with Crippen molar-refractivity contribution >= 4 is 23.5 Å². The summed E-state index contributed by atoms with van der Waals surface area (Å²) in [7, 11) is 0. The third-order valence-electron chi connectivity index (χ3n) is 3.59. The van der Waals surface area contributed by atoms with E-state index >= 15 is 0 Å². The van der Waals surface area contributed by atoms with Gasteiger partial charge in [-0.1, -0.05) is 47.8 Å². The molecule has 0 radical (unpaired) electrons. The maximum Gasteiger partial charge on any atom is 0.288 e. The lowest BCUT2D eigenvalue weighted by molar-refractivity contribution is 0.251. The van der Waals surface area contributed by atoms with E-state index in [1.165, 1.54) is 12.8 Å². The molecule has 0 unspecified atom stereocenters. The molecule has 0 amide bonds. The summed E-state index contributed by atoms with van der Waals surface area (Å²) in [6.45, 7) is 0. The van der Waals surface area contributed by atoms with Gasteiger partial charge in [-0.05, 0) is 24.3 Å². The van der Waals surface area contributed by atoms with E-state index in [1.807, 2.05) is 0 Å². The van der Waals surface area contributed by atoms with E-state index in [-0.39, 0.29) is 0 Å². The van der Waals surface area contributed by atoms with Crippen LogP contribution in [0.1, 0.15) is 0 Å². The fraction of sp³-hybridized carbons (Fsp3) is 0.100. The highest BCUT2D eigenvalue weighted by atomic mass is 32.2. The molecule has 0 aliphatic carbocycles. The fourth-order valence-electron chi connectivity index (χ4n) is 2.32. The van der Waals surface area contributed by atoms with Gasteiger partial charge in [0, 0.05) is 20.9 Å². The van der Waals surface area contributed by atoms with Gasteiger partial charge in [-0.25, -0.2) is 9.97 Å². The molecule has 2 heterocycles. The molecule has 4 nitrogen and oxygen atoms in total. The second-order valence-electron chi connectivity index (χ2n) is 5.54. The molecule has 0 aliphatic heterocycles. The quantitative estimate of drug-likeness (QED) is 0.225. The van der Waals surface area contributed by atoms with Crippen LogP contribution in [0.2, 0.25) is 0 Å². The van der Waals surface area contributed by atoms with Gasteiger partial charge in [0.25, 0.3) is 11.5 Å². The maximum atomic E-state index is 12.0. The van der Waals surface area contributed by atoms with Crippen LogP contribution in [0.25, 0.3) is 22.6 Å². The predicted molar refractivity (Wildman–Crippen MR) is 108 cm³/mol. The van der Waals surface area contributed by atoms with Crippen LogP contribution < -0.4 is 0 Å². The number of oxazole rings is 2. The van der Waals surface area contributed by atoms with Crippen LogP contribution in [-0.4, -0.2) is 21.5 Å². The lowest BCUT2D eigenvalue weighted by atomic mass is 10.2. The molecule has 156 valence electrons. The van der Waals surface area contributed by atoms with Crippen molar-refractivity contribution < 1.29 is 26.4 Å². The lowest BCUT2D eigenvalue weighted by Crippen LogP contribution is -1.81. The molecule has 2 aromatic carbocycles. The van der Waals surface area contributed by atoms with Gasteiger partial charge in [-0.3, -0.25) is 0 Å². The highest BCUT2D eigenvalue weighted by Gasteiger charge is 2.07. The molecule has 0 saturated heterocycles. The molecule has 0 atom stereocenters. The molecule has 0 fully saturated rings. The standard InChI is InChI=1S/2C10H7F2NOS/c2*11-10(12)15-8-3-1-7(2-4-8)9-5-13-6-14-9/h2*1-6,10H. The van der Waals surface area contributed by atoms with Gasteiger partial charge in [0.2, 0.25) is 0 Å². The zero-order valence-electron chi connectivity index (χ0n) is 15.1. The molecule has 0 bridgehead atoms. The Balaban J connectivity index is 0.000000171. The summed E-state index contributed by atoms with van der Waals surface area (Å²) >= 11 is 1.05. The van der Waals surface area contributed by atoms with Crippen LogP contribution >= 0.6 is 23.5 Å². The number of hydrogen-bond donors (Lipinski definition) is 0. The Labute approximate surface area is 177 Å². The minimum absolute atomic E-state index is 0.525. The smallest absolute Gasteiger partial charge is 0.288 e. The minimum atomic E-state index is -2.39. The maximum absolute atomic E-state index is 12.0. The van der Waals surface area contributed by atoms with Crippen molar-refractivity contribution in [1.82, 2.24) is 9.97 Å². The number of alkyl halides is 4. The van der Waals surface area contributed by atoms with Gasteiger partial charge in [0.15, 0.2) is 24.3 Å². The highest BCUT2D eigenvalue weighted by molar-refractivity contribution is 7.99. The second kappa shape index (κ2) is 10.9. The Kier molecular flexibility index (Phi) is 7.97. The Morgan fingerprint density at radius 3 is 1.23 bits per heavy atom. The van der Waals surface area contributed by atoms with Gasteiger partial charge in [-0.15, -0.1) is 0 Å². The summed E-state index contributed by atoms with van der Waals surface area (Å²) in [6.07, 6.45) is 5.82. The fourth-order valence-corrected chi connectivity index (χ4v) is 3.32. The summed E-state index contributed by atoms with van der Waals surface area (Å²) in [4.78, 5) is 8.63. The van der Waals surface area contributed by atoms with Crippen LogP contribution in [0.4, 0.5) is 17.6 Å². The van der Waals surface area contributed by atoms with Gasteiger partial charge >= 0.3 is 0 Å². The monoisotopic (exact) mass is 454 g/mol. The molecule has 0 saturated carbocycles. The zero-order chi connectivity index (χ0) is 21.3. The summed E-state index contributed by atoms with van der Waals surface area (Å²) in [6, 6.07) is 13.4. The predicted octanol–water partition coefficient (Wildman–Crippen LogP) is 7.31. The molecular formula is C20H14F4N2O2S2. The first-order chi connectivity index (χ1) is 14.5. The molecule has 30 heavy (non-hydrogen) atoms. The van der Waals surface area contributed by atoms with E-state index in [0.717, 1.165) is 11.1 Å². The third-order valence-corrected chi connectivity index (χ3v) is 5.04. The first-order valence-electron chi connectivity index (χ1n) is 8.39. The van der Waals surface area contributed by atoms with E-state index in [2.05, 4.69) is 9.97 Å². The van der Waals surface area contributed by atoms with E-state index in [4.69, 9.17) is 8.83 Å². The lowest BCUT2D eigenvalue weighted by Gasteiger charge is -2.00. The molecule has 4 aromatic rings. The number of benzene rings is 2. The highest BCUT2D eigenvalue weighted by Crippen LogP contribution is 2.28. The average Bonchev–Trinajstić information content (AvgIpc) is 3.43. The molecule has 0 aliphatic rings. The second-order valence-corrected chi connectivity index (χ2v) is 7.66. The molecule has 0 spiro atoms. The van der Waals surface area contributed by atoms with Crippen molar-refractivity contribution in [2.24, 2.45) is 0 Å². The third kappa shape index (κ3) is 6.67. The molecular weight excluding hydrogens is 440 g/mol. The first kappa shape index (κ1) is 22.0. The van der Waals surface area contributed by atoms with Crippen molar-refractivity contribution in [3.63, 3.8) is 0 Å². The van der Waals surface area contributed by atoms with Crippen LogP contribution in [0, 0.1) is 0 Å². The van der Waals surface area contributed by atoms with Gasteiger partial charge in [-0.2, -0.15) is 17.6 Å². The van der Waals surface area contributed by atoms with Crippen molar-refractivity contribution in [1.29, 1.82) is 0 Å². The zero-order valence-corrected chi connectivity index (χ0v) is 16.8. The van der Waals surface area contributed by atoms with Gasteiger partial charge in [0.05, 0.1) is 12.4 Å². The molecule has 2 aromatic heterocycles. The molecule has 10 heteroatoms. The topological polar surface area (TPSA) is 52.1 Å². The van der Waals surface area contributed by atoms with E-state index in [0.29, 0.717) is 44.8 Å². The Bertz CT molecular complexity index is 911. The molecule has 0 N–H and O–H groups in total. The molecule has 4 rings (SSSR count). The van der Waals surface area contributed by atoms with E-state index in [9.17, 15) is 17.6 Å². The summed E-state index contributed by atoms with van der Waals surface area (Å²) in [5, 5.41) is 0. The van der Waals surface area contributed by atoms with Gasteiger partial charge in [0.1, 0.15) is 0 Å². The summed E-state index contributed by atoms with van der Waals surface area (Å²) < 4.78 is 58.3.